The molecule has 0 aromatic carbocycles. The van der Waals surface area contributed by atoms with Crippen LogP contribution in [-0.2, 0) is 9.53 Å². The van der Waals surface area contributed by atoms with Gasteiger partial charge in [-0.3, -0.25) is 14.9 Å². The quantitative estimate of drug-likeness (QED) is 0.279. The summed E-state index contributed by atoms with van der Waals surface area (Å²) in [6.07, 6.45) is -0.0797. The first-order chi connectivity index (χ1) is 8.95. The minimum atomic E-state index is -0.634. The molecule has 0 spiro atoms. The summed E-state index contributed by atoms with van der Waals surface area (Å²) in [5.41, 5.74) is 0.514. The number of hydrogen-bond donors (Lipinski definition) is 0. The normalized spacial score (nSPS) is 9.42. The molecule has 100 valence electrons. The molecule has 1 aromatic heterocycles. The van der Waals surface area contributed by atoms with Crippen LogP contribution >= 0.6 is 11.6 Å². The summed E-state index contributed by atoms with van der Waals surface area (Å²) >= 11 is 5.65. The number of pyridine rings is 1. The van der Waals surface area contributed by atoms with E-state index in [9.17, 15) is 14.9 Å². The Morgan fingerprint density at radius 2 is 2.32 bits per heavy atom. The molecule has 0 bridgehead atoms. The molecular weight excluding hydrogens is 272 g/mol. The summed E-state index contributed by atoms with van der Waals surface area (Å²) < 4.78 is 4.70. The molecule has 0 amide bonds. The molecule has 0 aliphatic carbocycles. The predicted molar refractivity (Wildman–Crippen MR) is 68.8 cm³/mol. The van der Waals surface area contributed by atoms with Crippen molar-refractivity contribution in [2.75, 3.05) is 6.61 Å². The number of aromatic nitrogens is 1. The highest BCUT2D eigenvalue weighted by Crippen LogP contribution is 2.24. The van der Waals surface area contributed by atoms with Crippen molar-refractivity contribution in [3.63, 3.8) is 0 Å². The lowest BCUT2D eigenvalue weighted by molar-refractivity contribution is -0.385. The molecule has 0 radical (unpaired) electrons. The Morgan fingerprint density at radius 3 is 2.89 bits per heavy atom. The Bertz CT molecular complexity index is 575. The number of carbonyl (C=O) groups is 1. The first-order valence-electron chi connectivity index (χ1n) is 5.41. The van der Waals surface area contributed by atoms with Gasteiger partial charge < -0.3 is 4.74 Å². The van der Waals surface area contributed by atoms with Crippen LogP contribution in [0, 0.1) is 28.9 Å². The lowest BCUT2D eigenvalue weighted by atomic mass is 10.2. The fraction of sp³-hybridized carbons (Fsp3) is 0.333. The first kappa shape index (κ1) is 14.9. The van der Waals surface area contributed by atoms with E-state index in [-0.39, 0.29) is 23.9 Å². The molecular formula is C12H11ClN2O4. The van der Waals surface area contributed by atoms with Crippen molar-refractivity contribution < 1.29 is 14.5 Å². The summed E-state index contributed by atoms with van der Waals surface area (Å²) in [7, 11) is 0. The van der Waals surface area contributed by atoms with Gasteiger partial charge in [0.25, 0.3) is 0 Å². The zero-order valence-corrected chi connectivity index (χ0v) is 11.2. The molecule has 0 N–H and O–H groups in total. The summed E-state index contributed by atoms with van der Waals surface area (Å²) in [4.78, 5) is 25.0. The van der Waals surface area contributed by atoms with E-state index in [0.29, 0.717) is 11.3 Å². The molecule has 0 atom stereocenters. The van der Waals surface area contributed by atoms with E-state index in [2.05, 4.69) is 16.8 Å². The number of ether oxygens (including phenoxy) is 1. The highest BCUT2D eigenvalue weighted by atomic mass is 35.5. The third-order valence-corrected chi connectivity index (χ3v) is 2.38. The molecule has 7 heteroatoms. The number of carbonyl (C=O) groups excluding carboxylic acids is 1. The van der Waals surface area contributed by atoms with Crippen molar-refractivity contribution in [2.24, 2.45) is 0 Å². The molecule has 0 aliphatic heterocycles. The Morgan fingerprint density at radius 1 is 1.63 bits per heavy atom. The van der Waals surface area contributed by atoms with E-state index in [0.717, 1.165) is 0 Å². The molecule has 6 nitrogen and oxygen atoms in total. The maximum atomic E-state index is 11.1. The third kappa shape index (κ3) is 4.23. The minimum absolute atomic E-state index is 0.0797. The topological polar surface area (TPSA) is 82.3 Å². The largest absolute Gasteiger partial charge is 0.465 e. The zero-order valence-electron chi connectivity index (χ0n) is 10.4. The van der Waals surface area contributed by atoms with Crippen LogP contribution in [-0.4, -0.2) is 22.5 Å². The number of rotatable bonds is 3. The van der Waals surface area contributed by atoms with Crippen LogP contribution in [0.15, 0.2) is 6.07 Å². The van der Waals surface area contributed by atoms with Gasteiger partial charge in [-0.05, 0) is 13.8 Å². The zero-order chi connectivity index (χ0) is 14.4. The Hall–Kier alpha value is -2.13. The molecule has 0 saturated carbocycles. The van der Waals surface area contributed by atoms with Crippen LogP contribution in [0.2, 0.25) is 5.15 Å². The van der Waals surface area contributed by atoms with Crippen molar-refractivity contribution in [3.8, 4) is 11.8 Å². The van der Waals surface area contributed by atoms with Crippen molar-refractivity contribution in [1.82, 2.24) is 4.98 Å². The first-order valence-corrected chi connectivity index (χ1v) is 5.79. The standard InChI is InChI=1S/C12H11ClN2O4/c1-3-19-11(16)6-4-5-9-7-10(15(17)18)12(13)14-8(9)2/h7H,3,6H2,1-2H3. The van der Waals surface area contributed by atoms with Gasteiger partial charge in [0.15, 0.2) is 0 Å². The summed E-state index contributed by atoms with van der Waals surface area (Å²) in [6, 6.07) is 1.24. The van der Waals surface area contributed by atoms with E-state index in [1.807, 2.05) is 0 Å². The molecule has 0 saturated heterocycles. The van der Waals surface area contributed by atoms with Crippen LogP contribution in [0.5, 0.6) is 0 Å². The van der Waals surface area contributed by atoms with Gasteiger partial charge >= 0.3 is 11.7 Å². The van der Waals surface area contributed by atoms with Crippen molar-refractivity contribution in [1.29, 1.82) is 0 Å². The number of aryl methyl sites for hydroxylation is 1. The average molecular weight is 283 g/mol. The van der Waals surface area contributed by atoms with Crippen LogP contribution in [0.1, 0.15) is 24.6 Å². The van der Waals surface area contributed by atoms with E-state index < -0.39 is 10.9 Å². The molecule has 0 unspecified atom stereocenters. The molecule has 1 heterocycles. The van der Waals surface area contributed by atoms with Crippen LogP contribution < -0.4 is 0 Å². The van der Waals surface area contributed by atoms with Gasteiger partial charge in [-0.2, -0.15) is 0 Å². The molecule has 19 heavy (non-hydrogen) atoms. The van der Waals surface area contributed by atoms with Crippen molar-refractivity contribution >= 4 is 23.3 Å². The van der Waals surface area contributed by atoms with E-state index >= 15 is 0 Å². The predicted octanol–water partition coefficient (Wildman–Crippen LogP) is 2.26. The molecule has 0 fully saturated rings. The van der Waals surface area contributed by atoms with Gasteiger partial charge in [-0.1, -0.05) is 23.4 Å². The maximum absolute atomic E-state index is 11.1. The third-order valence-electron chi connectivity index (χ3n) is 2.11. The highest BCUT2D eigenvalue weighted by Gasteiger charge is 2.15. The number of halogens is 1. The van der Waals surface area contributed by atoms with E-state index in [1.54, 1.807) is 13.8 Å². The van der Waals surface area contributed by atoms with Gasteiger partial charge in [0.2, 0.25) is 5.15 Å². The highest BCUT2D eigenvalue weighted by molar-refractivity contribution is 6.31. The smallest absolute Gasteiger partial charge is 0.317 e. The second kappa shape index (κ2) is 6.71. The van der Waals surface area contributed by atoms with Gasteiger partial charge in [0.05, 0.1) is 22.8 Å². The molecule has 0 aliphatic rings. The Kier molecular flexibility index (Phi) is 5.27. The van der Waals surface area contributed by atoms with Crippen molar-refractivity contribution in [3.05, 3.63) is 32.6 Å². The average Bonchev–Trinajstić information content (AvgIpc) is 2.31. The van der Waals surface area contributed by atoms with Crippen LogP contribution in [0.3, 0.4) is 0 Å². The fourth-order valence-corrected chi connectivity index (χ4v) is 1.49. The van der Waals surface area contributed by atoms with Gasteiger partial charge in [-0.15, -0.1) is 0 Å². The lowest BCUT2D eigenvalue weighted by Crippen LogP contribution is -2.01. The molecule has 1 aromatic rings. The maximum Gasteiger partial charge on any atom is 0.317 e. The van der Waals surface area contributed by atoms with Crippen LogP contribution in [0.25, 0.3) is 0 Å². The second-order valence-electron chi connectivity index (χ2n) is 3.47. The number of hydrogen-bond acceptors (Lipinski definition) is 5. The van der Waals surface area contributed by atoms with E-state index in [4.69, 9.17) is 16.3 Å². The minimum Gasteiger partial charge on any atom is -0.465 e. The monoisotopic (exact) mass is 282 g/mol. The second-order valence-corrected chi connectivity index (χ2v) is 3.83. The summed E-state index contributed by atoms with van der Waals surface area (Å²) in [5.74, 6) is 4.79. The number of esters is 1. The summed E-state index contributed by atoms with van der Waals surface area (Å²) in [5, 5.41) is 10.5. The van der Waals surface area contributed by atoms with Gasteiger partial charge in [-0.25, -0.2) is 4.98 Å². The number of nitrogens with zero attached hydrogens (tertiary/aromatic N) is 2. The van der Waals surface area contributed by atoms with Gasteiger partial charge in [0, 0.05) is 6.07 Å². The van der Waals surface area contributed by atoms with Gasteiger partial charge in [0.1, 0.15) is 6.42 Å². The number of nitro groups is 1. The SMILES string of the molecule is CCOC(=O)CC#Cc1cc([N+](=O)[O-])c(Cl)nc1C. The summed E-state index contributed by atoms with van der Waals surface area (Å²) in [6.45, 7) is 3.61. The van der Waals surface area contributed by atoms with Crippen LogP contribution in [0.4, 0.5) is 5.69 Å². The lowest BCUT2D eigenvalue weighted by Gasteiger charge is -1.99. The molecule has 1 rings (SSSR count). The Labute approximate surface area is 114 Å². The fourth-order valence-electron chi connectivity index (χ4n) is 1.24. The van der Waals surface area contributed by atoms with Crippen molar-refractivity contribution in [2.45, 2.75) is 20.3 Å². The Balaban J connectivity index is 2.96. The van der Waals surface area contributed by atoms with E-state index in [1.165, 1.54) is 6.07 Å².